The van der Waals surface area contributed by atoms with Crippen molar-refractivity contribution in [1.82, 2.24) is 0 Å². The fraction of sp³-hybridized carbons (Fsp3) is 0.588. The molecule has 0 saturated heterocycles. The van der Waals surface area contributed by atoms with Crippen LogP contribution in [0, 0.1) is 5.92 Å². The van der Waals surface area contributed by atoms with E-state index >= 15 is 0 Å². The van der Waals surface area contributed by atoms with Crippen molar-refractivity contribution in [2.45, 2.75) is 51.4 Å². The van der Waals surface area contributed by atoms with Crippen molar-refractivity contribution in [3.8, 4) is 5.75 Å². The van der Waals surface area contributed by atoms with E-state index in [1.54, 1.807) is 0 Å². The number of carbonyl (C=O) groups is 1. The molecule has 19 heavy (non-hydrogen) atoms. The monoisotopic (exact) mass is 258 g/mol. The first-order chi connectivity index (χ1) is 9.34. The summed E-state index contributed by atoms with van der Waals surface area (Å²) in [4.78, 5) is 11.9. The third-order valence-electron chi connectivity index (χ3n) is 4.46. The van der Waals surface area contributed by atoms with Gasteiger partial charge in [-0.3, -0.25) is 4.79 Å². The molecular formula is C17H22O2. The van der Waals surface area contributed by atoms with Gasteiger partial charge in [-0.05, 0) is 37.7 Å². The summed E-state index contributed by atoms with van der Waals surface area (Å²) in [7, 11) is 0. The molecule has 2 nitrogen and oxygen atoms in total. The van der Waals surface area contributed by atoms with Gasteiger partial charge in [-0.15, -0.1) is 0 Å². The second kappa shape index (κ2) is 5.77. The Morgan fingerprint density at radius 3 is 2.74 bits per heavy atom. The van der Waals surface area contributed by atoms with Crippen molar-refractivity contribution < 1.29 is 9.53 Å². The lowest BCUT2D eigenvalue weighted by atomic mass is 9.89. The van der Waals surface area contributed by atoms with Gasteiger partial charge in [0.2, 0.25) is 0 Å². The van der Waals surface area contributed by atoms with E-state index in [4.69, 9.17) is 4.74 Å². The van der Waals surface area contributed by atoms with Gasteiger partial charge >= 0.3 is 0 Å². The van der Waals surface area contributed by atoms with E-state index < -0.39 is 0 Å². The topological polar surface area (TPSA) is 26.3 Å². The molecule has 0 N–H and O–H groups in total. The van der Waals surface area contributed by atoms with Crippen LogP contribution in [-0.4, -0.2) is 12.4 Å². The van der Waals surface area contributed by atoms with Gasteiger partial charge in [-0.1, -0.05) is 31.4 Å². The smallest absolute Gasteiger partial charge is 0.163 e. The van der Waals surface area contributed by atoms with Crippen LogP contribution in [0.1, 0.15) is 60.9 Å². The highest BCUT2D eigenvalue weighted by Crippen LogP contribution is 2.31. The average molecular weight is 258 g/mol. The Morgan fingerprint density at radius 1 is 1.05 bits per heavy atom. The molecular weight excluding hydrogens is 236 g/mol. The maximum atomic E-state index is 11.9. The minimum atomic E-state index is 0.282. The van der Waals surface area contributed by atoms with E-state index in [1.807, 2.05) is 18.2 Å². The zero-order valence-corrected chi connectivity index (χ0v) is 11.5. The van der Waals surface area contributed by atoms with Crippen LogP contribution in [-0.2, 0) is 6.42 Å². The molecule has 0 unspecified atom stereocenters. The molecule has 0 heterocycles. The van der Waals surface area contributed by atoms with Crippen molar-refractivity contribution in [1.29, 1.82) is 0 Å². The van der Waals surface area contributed by atoms with E-state index in [0.29, 0.717) is 12.3 Å². The number of ketones is 1. The Bertz CT molecular complexity index is 458. The molecule has 0 radical (unpaired) electrons. The molecule has 102 valence electrons. The predicted octanol–water partition coefficient (Wildman–Crippen LogP) is 4.16. The SMILES string of the molecule is O=C1CCCc2c(OCC3CCCCC3)cccc21. The van der Waals surface area contributed by atoms with E-state index in [0.717, 1.165) is 36.3 Å². The summed E-state index contributed by atoms with van der Waals surface area (Å²) in [5, 5.41) is 0. The molecule has 0 atom stereocenters. The number of rotatable bonds is 3. The number of Topliss-reactive ketones (excluding diaryl/α,β-unsaturated/α-hetero) is 1. The molecule has 1 fully saturated rings. The van der Waals surface area contributed by atoms with Crippen LogP contribution < -0.4 is 4.74 Å². The lowest BCUT2D eigenvalue weighted by molar-refractivity contribution is 0.0971. The molecule has 0 aromatic heterocycles. The number of hydrogen-bond donors (Lipinski definition) is 0. The molecule has 1 aromatic rings. The summed E-state index contributed by atoms with van der Waals surface area (Å²) in [6, 6.07) is 5.93. The fourth-order valence-corrected chi connectivity index (χ4v) is 3.34. The van der Waals surface area contributed by atoms with Crippen LogP contribution in [0.2, 0.25) is 0 Å². The second-order valence-electron chi connectivity index (χ2n) is 5.87. The van der Waals surface area contributed by atoms with Crippen LogP contribution in [0.15, 0.2) is 18.2 Å². The van der Waals surface area contributed by atoms with Crippen molar-refractivity contribution in [2.24, 2.45) is 5.92 Å². The standard InChI is InChI=1S/C17H22O2/c18-16-10-4-9-15-14(16)8-5-11-17(15)19-12-13-6-2-1-3-7-13/h5,8,11,13H,1-4,6-7,9-10,12H2. The minimum absolute atomic E-state index is 0.282. The maximum Gasteiger partial charge on any atom is 0.163 e. The molecule has 2 aliphatic carbocycles. The summed E-state index contributed by atoms with van der Waals surface area (Å²) in [5.41, 5.74) is 2.04. The summed E-state index contributed by atoms with van der Waals surface area (Å²) < 4.78 is 6.04. The summed E-state index contributed by atoms with van der Waals surface area (Å²) in [6.45, 7) is 0.824. The van der Waals surface area contributed by atoms with Crippen molar-refractivity contribution >= 4 is 5.78 Å². The van der Waals surface area contributed by atoms with Gasteiger partial charge < -0.3 is 4.74 Å². The maximum absolute atomic E-state index is 11.9. The van der Waals surface area contributed by atoms with Crippen LogP contribution in [0.3, 0.4) is 0 Å². The molecule has 3 rings (SSSR count). The van der Waals surface area contributed by atoms with Gasteiger partial charge in [0.1, 0.15) is 5.75 Å². The van der Waals surface area contributed by atoms with Gasteiger partial charge in [-0.25, -0.2) is 0 Å². The number of fused-ring (bicyclic) bond motifs is 1. The molecule has 0 amide bonds. The predicted molar refractivity (Wildman–Crippen MR) is 75.8 cm³/mol. The third-order valence-corrected chi connectivity index (χ3v) is 4.46. The highest BCUT2D eigenvalue weighted by atomic mass is 16.5. The molecule has 0 bridgehead atoms. The third kappa shape index (κ3) is 2.83. The second-order valence-corrected chi connectivity index (χ2v) is 5.87. The van der Waals surface area contributed by atoms with Gasteiger partial charge in [0.25, 0.3) is 0 Å². The van der Waals surface area contributed by atoms with E-state index in [-0.39, 0.29) is 5.78 Å². The van der Waals surface area contributed by atoms with E-state index in [9.17, 15) is 4.79 Å². The molecule has 1 aromatic carbocycles. The van der Waals surface area contributed by atoms with Crippen LogP contribution in [0.5, 0.6) is 5.75 Å². The Balaban J connectivity index is 1.70. The Labute approximate surface area is 115 Å². The molecule has 1 saturated carbocycles. The van der Waals surface area contributed by atoms with E-state index in [1.165, 1.54) is 32.1 Å². The first-order valence-electron chi connectivity index (χ1n) is 7.62. The summed E-state index contributed by atoms with van der Waals surface area (Å²) in [6.07, 6.45) is 9.32. The van der Waals surface area contributed by atoms with Gasteiger partial charge in [0, 0.05) is 17.5 Å². The van der Waals surface area contributed by atoms with Gasteiger partial charge in [0.05, 0.1) is 6.61 Å². The normalized spacial score (nSPS) is 20.1. The zero-order valence-electron chi connectivity index (χ0n) is 11.5. The fourth-order valence-electron chi connectivity index (χ4n) is 3.34. The van der Waals surface area contributed by atoms with Crippen LogP contribution >= 0.6 is 0 Å². The largest absolute Gasteiger partial charge is 0.493 e. The molecule has 0 aliphatic heterocycles. The van der Waals surface area contributed by atoms with Crippen LogP contribution in [0.4, 0.5) is 0 Å². The summed E-state index contributed by atoms with van der Waals surface area (Å²) in [5.74, 6) is 1.95. The van der Waals surface area contributed by atoms with E-state index in [2.05, 4.69) is 0 Å². The molecule has 0 spiro atoms. The average Bonchev–Trinajstić information content (AvgIpc) is 2.47. The van der Waals surface area contributed by atoms with Gasteiger partial charge in [0.15, 0.2) is 5.78 Å². The lowest BCUT2D eigenvalue weighted by Crippen LogP contribution is -2.17. The lowest BCUT2D eigenvalue weighted by Gasteiger charge is -2.24. The minimum Gasteiger partial charge on any atom is -0.493 e. The first kappa shape index (κ1) is 12.7. The van der Waals surface area contributed by atoms with Crippen LogP contribution in [0.25, 0.3) is 0 Å². The number of carbonyl (C=O) groups excluding carboxylic acids is 1. The number of hydrogen-bond acceptors (Lipinski definition) is 2. The van der Waals surface area contributed by atoms with Crippen molar-refractivity contribution in [3.63, 3.8) is 0 Å². The highest BCUT2D eigenvalue weighted by molar-refractivity contribution is 5.99. The molecule has 2 heteroatoms. The quantitative estimate of drug-likeness (QED) is 0.813. The zero-order chi connectivity index (χ0) is 13.1. The van der Waals surface area contributed by atoms with Crippen molar-refractivity contribution in [2.75, 3.05) is 6.61 Å². The Hall–Kier alpha value is -1.31. The summed E-state index contributed by atoms with van der Waals surface area (Å²) >= 11 is 0. The Morgan fingerprint density at radius 2 is 1.89 bits per heavy atom. The van der Waals surface area contributed by atoms with Gasteiger partial charge in [-0.2, -0.15) is 0 Å². The highest BCUT2D eigenvalue weighted by Gasteiger charge is 2.21. The number of benzene rings is 1. The Kier molecular flexibility index (Phi) is 3.86. The molecule has 2 aliphatic rings. The first-order valence-corrected chi connectivity index (χ1v) is 7.62. The van der Waals surface area contributed by atoms with Crippen molar-refractivity contribution in [3.05, 3.63) is 29.3 Å². The number of ether oxygens (including phenoxy) is 1.